The van der Waals surface area contributed by atoms with Gasteiger partial charge in [0.15, 0.2) is 0 Å². The summed E-state index contributed by atoms with van der Waals surface area (Å²) in [5.41, 5.74) is 4.63. The summed E-state index contributed by atoms with van der Waals surface area (Å²) >= 11 is 5.87. The number of rotatable bonds is 2. The molecule has 0 saturated carbocycles. The maximum atomic E-state index is 5.87. The highest BCUT2D eigenvalue weighted by atomic mass is 35.5. The number of nitrogens with one attached hydrogen (secondary N) is 2. The van der Waals surface area contributed by atoms with E-state index in [9.17, 15) is 0 Å². The van der Waals surface area contributed by atoms with E-state index in [2.05, 4.69) is 29.1 Å². The molecule has 0 unspecified atom stereocenters. The summed E-state index contributed by atoms with van der Waals surface area (Å²) in [6, 6.07) is 12.0. The van der Waals surface area contributed by atoms with E-state index in [1.807, 2.05) is 24.3 Å². The topological polar surface area (TPSA) is 24.1 Å². The fourth-order valence-electron chi connectivity index (χ4n) is 1.83. The van der Waals surface area contributed by atoms with E-state index >= 15 is 0 Å². The largest absolute Gasteiger partial charge is 0.355 e. The number of hydrogen-bond donors (Lipinski definition) is 2. The number of benzene rings is 2. The van der Waals surface area contributed by atoms with Gasteiger partial charge in [-0.2, -0.15) is 0 Å². The van der Waals surface area contributed by atoms with Gasteiger partial charge in [0.2, 0.25) is 0 Å². The Morgan fingerprint density at radius 1 is 1.11 bits per heavy atom. The number of fused-ring (bicyclic) bond motifs is 1. The SMILES string of the molecule is Cc1cc(Nc2ccc(Cl)cc2)cc2c1NSS2.Cl. The molecule has 100 valence electrons. The van der Waals surface area contributed by atoms with Gasteiger partial charge in [-0.15, -0.1) is 12.4 Å². The second kappa shape index (κ2) is 6.18. The Kier molecular flexibility index (Phi) is 4.79. The van der Waals surface area contributed by atoms with Crippen LogP contribution in [-0.4, -0.2) is 0 Å². The smallest absolute Gasteiger partial charge is 0.0624 e. The molecule has 2 N–H and O–H groups in total. The highest BCUT2D eigenvalue weighted by Crippen LogP contribution is 2.47. The van der Waals surface area contributed by atoms with Crippen LogP contribution in [0.1, 0.15) is 5.56 Å². The summed E-state index contributed by atoms with van der Waals surface area (Å²) in [5.74, 6) is 0. The van der Waals surface area contributed by atoms with Gasteiger partial charge in [-0.25, -0.2) is 0 Å². The first-order valence-electron chi connectivity index (χ1n) is 5.49. The molecular weight excluding hydrogens is 319 g/mol. The maximum Gasteiger partial charge on any atom is 0.0624 e. The van der Waals surface area contributed by atoms with Crippen LogP contribution in [0, 0.1) is 6.92 Å². The molecule has 0 fully saturated rings. The number of hydrogen-bond acceptors (Lipinski definition) is 4. The van der Waals surface area contributed by atoms with Crippen LogP contribution in [0.2, 0.25) is 5.02 Å². The van der Waals surface area contributed by atoms with Gasteiger partial charge in [-0.3, -0.25) is 0 Å². The number of anilines is 3. The third kappa shape index (κ3) is 3.26. The second-order valence-electron chi connectivity index (χ2n) is 4.07. The molecule has 0 radical (unpaired) electrons. The van der Waals surface area contributed by atoms with Gasteiger partial charge in [0.25, 0.3) is 0 Å². The highest BCUT2D eigenvalue weighted by Gasteiger charge is 2.15. The molecule has 1 heterocycles. The van der Waals surface area contributed by atoms with Gasteiger partial charge in [-0.1, -0.05) is 11.6 Å². The molecule has 1 aliphatic rings. The molecule has 2 nitrogen and oxygen atoms in total. The summed E-state index contributed by atoms with van der Waals surface area (Å²) in [6.07, 6.45) is 0. The lowest BCUT2D eigenvalue weighted by Crippen LogP contribution is -1.92. The van der Waals surface area contributed by atoms with Crippen LogP contribution in [0.15, 0.2) is 41.3 Å². The van der Waals surface area contributed by atoms with Crippen molar-refractivity contribution in [2.24, 2.45) is 0 Å². The molecule has 19 heavy (non-hydrogen) atoms. The van der Waals surface area contributed by atoms with E-state index in [1.54, 1.807) is 21.8 Å². The van der Waals surface area contributed by atoms with Crippen molar-refractivity contribution < 1.29 is 0 Å². The van der Waals surface area contributed by atoms with Crippen molar-refractivity contribution in [3.05, 3.63) is 47.0 Å². The summed E-state index contributed by atoms with van der Waals surface area (Å²) < 4.78 is 3.30. The van der Waals surface area contributed by atoms with E-state index in [1.165, 1.54) is 16.1 Å². The minimum atomic E-state index is 0. The molecular formula is C13H12Cl2N2S2. The molecule has 0 bridgehead atoms. The van der Waals surface area contributed by atoms with Gasteiger partial charge in [-0.05, 0) is 59.7 Å². The average Bonchev–Trinajstić information content (AvgIpc) is 2.81. The molecule has 0 amide bonds. The van der Waals surface area contributed by atoms with Crippen molar-refractivity contribution >= 4 is 62.8 Å². The Morgan fingerprint density at radius 2 is 1.84 bits per heavy atom. The van der Waals surface area contributed by atoms with Crippen molar-refractivity contribution in [2.45, 2.75) is 11.8 Å². The first kappa shape index (κ1) is 14.7. The van der Waals surface area contributed by atoms with Gasteiger partial charge in [0.05, 0.1) is 5.69 Å². The maximum absolute atomic E-state index is 5.87. The standard InChI is InChI=1S/C13H11ClN2S2.ClH/c1-8-6-11(7-12-13(8)16-18-17-12)15-10-4-2-9(14)3-5-10;/h2-7,15-16H,1H3;1H. The Labute approximate surface area is 131 Å². The van der Waals surface area contributed by atoms with E-state index in [0.717, 1.165) is 16.4 Å². The van der Waals surface area contributed by atoms with Crippen LogP contribution >= 0.6 is 45.8 Å². The first-order valence-corrected chi connectivity index (χ1v) is 8.02. The lowest BCUT2D eigenvalue weighted by molar-refractivity contribution is 1.37. The van der Waals surface area contributed by atoms with E-state index in [0.29, 0.717) is 0 Å². The van der Waals surface area contributed by atoms with Crippen molar-refractivity contribution in [1.82, 2.24) is 0 Å². The summed E-state index contributed by atoms with van der Waals surface area (Å²) in [5, 5.41) is 4.14. The van der Waals surface area contributed by atoms with Crippen molar-refractivity contribution in [3.63, 3.8) is 0 Å². The summed E-state index contributed by atoms with van der Waals surface area (Å²) in [7, 11) is 3.41. The monoisotopic (exact) mass is 330 g/mol. The molecule has 0 aliphatic carbocycles. The highest BCUT2D eigenvalue weighted by molar-refractivity contribution is 8.77. The van der Waals surface area contributed by atoms with Crippen molar-refractivity contribution in [1.29, 1.82) is 0 Å². The summed E-state index contributed by atoms with van der Waals surface area (Å²) in [4.78, 5) is 1.27. The quantitative estimate of drug-likeness (QED) is 0.529. The third-order valence-electron chi connectivity index (χ3n) is 2.71. The molecule has 0 atom stereocenters. The normalized spacial score (nSPS) is 12.3. The van der Waals surface area contributed by atoms with Gasteiger partial charge < -0.3 is 10.0 Å². The van der Waals surface area contributed by atoms with Crippen LogP contribution in [0.3, 0.4) is 0 Å². The molecule has 2 aromatic rings. The zero-order valence-electron chi connectivity index (χ0n) is 10.1. The Balaban J connectivity index is 0.00000133. The number of aryl methyl sites for hydroxylation is 1. The Hall–Kier alpha value is -0.680. The fourth-order valence-corrected chi connectivity index (χ4v) is 4.02. The number of halogens is 2. The minimum Gasteiger partial charge on any atom is -0.355 e. The van der Waals surface area contributed by atoms with Gasteiger partial charge in [0, 0.05) is 32.3 Å². The average molecular weight is 331 g/mol. The van der Waals surface area contributed by atoms with Gasteiger partial charge in [0.1, 0.15) is 0 Å². The van der Waals surface area contributed by atoms with Gasteiger partial charge >= 0.3 is 0 Å². The molecule has 2 aromatic carbocycles. The Morgan fingerprint density at radius 3 is 2.58 bits per heavy atom. The lowest BCUT2D eigenvalue weighted by atomic mass is 10.1. The van der Waals surface area contributed by atoms with Crippen molar-refractivity contribution in [3.8, 4) is 0 Å². The van der Waals surface area contributed by atoms with Crippen LogP contribution in [0.4, 0.5) is 17.1 Å². The first-order chi connectivity index (χ1) is 8.72. The molecule has 3 rings (SSSR count). The molecule has 0 aromatic heterocycles. The van der Waals surface area contributed by atoms with Crippen LogP contribution in [0.5, 0.6) is 0 Å². The van der Waals surface area contributed by atoms with Crippen molar-refractivity contribution in [2.75, 3.05) is 10.0 Å². The Bertz CT molecular complexity index is 588. The van der Waals surface area contributed by atoms with E-state index < -0.39 is 0 Å². The third-order valence-corrected chi connectivity index (χ3v) is 4.87. The van der Waals surface area contributed by atoms with E-state index in [4.69, 9.17) is 11.6 Å². The zero-order valence-corrected chi connectivity index (χ0v) is 13.3. The predicted molar refractivity (Wildman–Crippen MR) is 90.2 cm³/mol. The summed E-state index contributed by atoms with van der Waals surface area (Å²) in [6.45, 7) is 2.12. The lowest BCUT2D eigenvalue weighted by Gasteiger charge is -2.10. The van der Waals surface area contributed by atoms with Crippen LogP contribution in [-0.2, 0) is 0 Å². The predicted octanol–water partition coefficient (Wildman–Crippen LogP) is 5.89. The van der Waals surface area contributed by atoms with Crippen LogP contribution < -0.4 is 10.0 Å². The fraction of sp³-hybridized carbons (Fsp3) is 0.0769. The van der Waals surface area contributed by atoms with Crippen LogP contribution in [0.25, 0.3) is 0 Å². The molecule has 0 spiro atoms. The molecule has 1 aliphatic heterocycles. The second-order valence-corrected chi connectivity index (χ2v) is 6.48. The molecule has 6 heteroatoms. The zero-order chi connectivity index (χ0) is 12.5. The van der Waals surface area contributed by atoms with E-state index in [-0.39, 0.29) is 12.4 Å². The molecule has 0 saturated heterocycles. The minimum absolute atomic E-state index is 0.